The Labute approximate surface area is 145 Å². The average molecular weight is 340 g/mol. The van der Waals surface area contributed by atoms with Gasteiger partial charge in [0, 0.05) is 25.1 Å². The van der Waals surface area contributed by atoms with Crippen molar-refractivity contribution in [2.24, 2.45) is 0 Å². The Morgan fingerprint density at radius 1 is 1.16 bits per heavy atom. The fraction of sp³-hybridized carbons (Fsp3) is 0.333. The predicted octanol–water partition coefficient (Wildman–Crippen LogP) is 0.972. The van der Waals surface area contributed by atoms with E-state index in [2.05, 4.69) is 10.4 Å². The average Bonchev–Trinajstić information content (AvgIpc) is 2.96. The summed E-state index contributed by atoms with van der Waals surface area (Å²) >= 11 is 0. The van der Waals surface area contributed by atoms with E-state index in [-0.39, 0.29) is 35.7 Å². The standard InChI is InChI=1S/C18H20N4O3/c1-12(2)21-11-13(10-17(21)24)19-18(25)15-8-9-16(23)22(20-15)14-6-4-3-5-7-14/h3-9,12-13H,10-11H2,1-2H3,(H,19,25). The van der Waals surface area contributed by atoms with Gasteiger partial charge in [0.2, 0.25) is 5.91 Å². The molecule has 1 aliphatic heterocycles. The van der Waals surface area contributed by atoms with Crippen molar-refractivity contribution in [1.29, 1.82) is 0 Å². The third-order valence-corrected chi connectivity index (χ3v) is 4.15. The van der Waals surface area contributed by atoms with E-state index in [9.17, 15) is 14.4 Å². The molecule has 3 rings (SSSR count). The van der Waals surface area contributed by atoms with E-state index in [4.69, 9.17) is 0 Å². The molecule has 1 aromatic heterocycles. The van der Waals surface area contributed by atoms with Gasteiger partial charge < -0.3 is 10.2 Å². The minimum absolute atomic E-state index is 0.0301. The number of likely N-dealkylation sites (tertiary alicyclic amines) is 1. The second-order valence-corrected chi connectivity index (χ2v) is 6.32. The van der Waals surface area contributed by atoms with Crippen molar-refractivity contribution in [2.75, 3.05) is 6.54 Å². The molecule has 1 saturated heterocycles. The molecule has 2 aromatic rings. The number of aromatic nitrogens is 2. The van der Waals surface area contributed by atoms with Crippen LogP contribution in [0.25, 0.3) is 5.69 Å². The number of benzene rings is 1. The number of rotatable bonds is 4. The molecule has 1 fully saturated rings. The molecule has 0 radical (unpaired) electrons. The van der Waals surface area contributed by atoms with Crippen LogP contribution in [0.5, 0.6) is 0 Å². The van der Waals surface area contributed by atoms with Gasteiger partial charge >= 0.3 is 0 Å². The van der Waals surface area contributed by atoms with E-state index in [0.29, 0.717) is 12.2 Å². The summed E-state index contributed by atoms with van der Waals surface area (Å²) in [5.74, 6) is -0.365. The van der Waals surface area contributed by atoms with Gasteiger partial charge in [-0.15, -0.1) is 0 Å². The zero-order chi connectivity index (χ0) is 18.0. The Balaban J connectivity index is 1.78. The van der Waals surface area contributed by atoms with Gasteiger partial charge in [0.05, 0.1) is 11.7 Å². The summed E-state index contributed by atoms with van der Waals surface area (Å²) < 4.78 is 1.19. The van der Waals surface area contributed by atoms with Crippen molar-refractivity contribution in [1.82, 2.24) is 20.0 Å². The van der Waals surface area contributed by atoms with Gasteiger partial charge in [-0.2, -0.15) is 9.78 Å². The Hall–Kier alpha value is -2.96. The van der Waals surface area contributed by atoms with Crippen molar-refractivity contribution in [3.05, 3.63) is 58.5 Å². The van der Waals surface area contributed by atoms with Gasteiger partial charge in [-0.05, 0) is 32.0 Å². The molecule has 0 bridgehead atoms. The number of hydrogen-bond acceptors (Lipinski definition) is 4. The quantitative estimate of drug-likeness (QED) is 0.899. The maximum absolute atomic E-state index is 12.5. The van der Waals surface area contributed by atoms with E-state index in [0.717, 1.165) is 0 Å². The van der Waals surface area contributed by atoms with E-state index in [1.807, 2.05) is 19.9 Å². The van der Waals surface area contributed by atoms with Crippen LogP contribution in [-0.4, -0.2) is 45.1 Å². The molecule has 1 atom stereocenters. The second kappa shape index (κ2) is 6.88. The Kier molecular flexibility index (Phi) is 4.65. The van der Waals surface area contributed by atoms with Crippen LogP contribution in [-0.2, 0) is 4.79 Å². The van der Waals surface area contributed by atoms with Gasteiger partial charge in [-0.1, -0.05) is 18.2 Å². The molecular weight excluding hydrogens is 320 g/mol. The summed E-state index contributed by atoms with van der Waals surface area (Å²) in [4.78, 5) is 38.2. The summed E-state index contributed by atoms with van der Waals surface area (Å²) in [6, 6.07) is 11.5. The maximum Gasteiger partial charge on any atom is 0.272 e. The van der Waals surface area contributed by atoms with Crippen molar-refractivity contribution in [3.63, 3.8) is 0 Å². The van der Waals surface area contributed by atoms with E-state index in [1.165, 1.54) is 16.8 Å². The Morgan fingerprint density at radius 3 is 2.52 bits per heavy atom. The number of amides is 2. The smallest absolute Gasteiger partial charge is 0.272 e. The lowest BCUT2D eigenvalue weighted by Crippen LogP contribution is -2.39. The number of para-hydroxylation sites is 1. The molecule has 1 unspecified atom stereocenters. The molecular formula is C18H20N4O3. The highest BCUT2D eigenvalue weighted by molar-refractivity contribution is 5.93. The zero-order valence-electron chi connectivity index (χ0n) is 14.2. The van der Waals surface area contributed by atoms with Crippen molar-refractivity contribution in [2.45, 2.75) is 32.4 Å². The third-order valence-electron chi connectivity index (χ3n) is 4.15. The first kappa shape index (κ1) is 16.9. The summed E-state index contributed by atoms with van der Waals surface area (Å²) in [5, 5.41) is 6.98. The monoisotopic (exact) mass is 340 g/mol. The molecule has 7 nitrogen and oxygen atoms in total. The number of carbonyl (C=O) groups is 2. The van der Waals surface area contributed by atoms with Gasteiger partial charge in [0.25, 0.3) is 11.5 Å². The Bertz CT molecular complexity index is 845. The number of carbonyl (C=O) groups excluding carboxylic acids is 2. The van der Waals surface area contributed by atoms with Gasteiger partial charge in [-0.25, -0.2) is 0 Å². The minimum atomic E-state index is -0.395. The normalized spacial score (nSPS) is 17.2. The predicted molar refractivity (Wildman–Crippen MR) is 92.6 cm³/mol. The lowest BCUT2D eigenvalue weighted by atomic mass is 10.2. The molecule has 0 saturated carbocycles. The summed E-state index contributed by atoms with van der Waals surface area (Å²) in [6.45, 7) is 4.37. The number of hydrogen-bond donors (Lipinski definition) is 1. The highest BCUT2D eigenvalue weighted by Crippen LogP contribution is 2.14. The van der Waals surface area contributed by atoms with E-state index in [1.54, 1.807) is 29.2 Å². The fourth-order valence-electron chi connectivity index (χ4n) is 2.87. The first-order chi connectivity index (χ1) is 12.0. The van der Waals surface area contributed by atoms with Crippen LogP contribution >= 0.6 is 0 Å². The van der Waals surface area contributed by atoms with Crippen LogP contribution in [0.1, 0.15) is 30.8 Å². The van der Waals surface area contributed by atoms with Crippen molar-refractivity contribution < 1.29 is 9.59 Å². The maximum atomic E-state index is 12.5. The second-order valence-electron chi connectivity index (χ2n) is 6.32. The molecule has 1 aliphatic rings. The summed E-state index contributed by atoms with van der Waals surface area (Å²) in [6.07, 6.45) is 0.280. The highest BCUT2D eigenvalue weighted by atomic mass is 16.2. The molecule has 1 aromatic carbocycles. The number of nitrogens with zero attached hydrogens (tertiary/aromatic N) is 3. The SMILES string of the molecule is CC(C)N1CC(NC(=O)c2ccc(=O)n(-c3ccccc3)n2)CC1=O. The molecule has 2 heterocycles. The van der Waals surface area contributed by atoms with Gasteiger partial charge in [0.15, 0.2) is 0 Å². The zero-order valence-corrected chi connectivity index (χ0v) is 14.2. The van der Waals surface area contributed by atoms with Crippen molar-refractivity contribution >= 4 is 11.8 Å². The minimum Gasteiger partial charge on any atom is -0.346 e. The lowest BCUT2D eigenvalue weighted by Gasteiger charge is -2.21. The van der Waals surface area contributed by atoms with Crippen LogP contribution in [0.3, 0.4) is 0 Å². The Morgan fingerprint density at radius 2 is 1.88 bits per heavy atom. The van der Waals surface area contributed by atoms with E-state index < -0.39 is 5.91 Å². The van der Waals surface area contributed by atoms with Crippen LogP contribution in [0.2, 0.25) is 0 Å². The van der Waals surface area contributed by atoms with Crippen LogP contribution < -0.4 is 10.9 Å². The fourth-order valence-corrected chi connectivity index (χ4v) is 2.87. The number of nitrogens with one attached hydrogen (secondary N) is 1. The summed E-state index contributed by atoms with van der Waals surface area (Å²) in [5.41, 5.74) is 0.410. The molecule has 1 N–H and O–H groups in total. The largest absolute Gasteiger partial charge is 0.346 e. The van der Waals surface area contributed by atoms with Crippen LogP contribution in [0, 0.1) is 0 Å². The molecule has 130 valence electrons. The molecule has 0 spiro atoms. The van der Waals surface area contributed by atoms with Crippen LogP contribution in [0.15, 0.2) is 47.3 Å². The topological polar surface area (TPSA) is 84.3 Å². The van der Waals surface area contributed by atoms with Crippen molar-refractivity contribution in [3.8, 4) is 5.69 Å². The lowest BCUT2D eigenvalue weighted by molar-refractivity contribution is -0.129. The van der Waals surface area contributed by atoms with Gasteiger partial charge in [0.1, 0.15) is 5.69 Å². The summed E-state index contributed by atoms with van der Waals surface area (Å²) in [7, 11) is 0. The first-order valence-electron chi connectivity index (χ1n) is 8.22. The molecule has 7 heteroatoms. The highest BCUT2D eigenvalue weighted by Gasteiger charge is 2.32. The molecule has 25 heavy (non-hydrogen) atoms. The molecule has 0 aliphatic carbocycles. The van der Waals surface area contributed by atoms with Gasteiger partial charge in [-0.3, -0.25) is 14.4 Å². The van der Waals surface area contributed by atoms with E-state index >= 15 is 0 Å². The first-order valence-corrected chi connectivity index (χ1v) is 8.22. The van der Waals surface area contributed by atoms with Crippen LogP contribution in [0.4, 0.5) is 0 Å². The molecule has 2 amide bonds. The third kappa shape index (κ3) is 3.60.